The predicted molar refractivity (Wildman–Crippen MR) is 90.7 cm³/mol. The fourth-order valence-corrected chi connectivity index (χ4v) is 3.66. The van der Waals surface area contributed by atoms with Gasteiger partial charge in [0.1, 0.15) is 4.88 Å². The average Bonchev–Trinajstić information content (AvgIpc) is 2.89. The molecule has 22 heavy (non-hydrogen) atoms. The zero-order valence-corrected chi connectivity index (χ0v) is 14.2. The summed E-state index contributed by atoms with van der Waals surface area (Å²) in [4.78, 5) is 22.3. The zero-order valence-electron chi connectivity index (χ0n) is 12.7. The van der Waals surface area contributed by atoms with Gasteiger partial charge < -0.3 is 9.80 Å². The smallest absolute Gasteiger partial charge is 0.266 e. The Balaban J connectivity index is 1.92. The number of carbonyl (C=O) groups excluding carboxylic acids is 1. The first-order chi connectivity index (χ1) is 10.5. The number of rotatable bonds is 2. The molecule has 1 aliphatic rings. The maximum atomic E-state index is 12.8. The molecule has 1 aromatic heterocycles. The third kappa shape index (κ3) is 3.16. The number of amides is 1. The highest BCUT2D eigenvalue weighted by molar-refractivity contribution is 7.14. The number of nitrogens with zero attached hydrogens (tertiary/aromatic N) is 3. The molecule has 0 bridgehead atoms. The second kappa shape index (κ2) is 6.36. The third-order valence-electron chi connectivity index (χ3n) is 3.82. The Morgan fingerprint density at radius 3 is 2.68 bits per heavy atom. The zero-order chi connectivity index (χ0) is 15.7. The molecule has 116 valence electrons. The van der Waals surface area contributed by atoms with Gasteiger partial charge in [0.25, 0.3) is 5.91 Å². The van der Waals surface area contributed by atoms with Crippen LogP contribution in [-0.4, -0.2) is 53.9 Å². The number of piperazine rings is 1. The predicted octanol–water partition coefficient (Wildman–Crippen LogP) is 3.16. The van der Waals surface area contributed by atoms with E-state index in [0.717, 1.165) is 42.4 Å². The van der Waals surface area contributed by atoms with E-state index < -0.39 is 0 Å². The van der Waals surface area contributed by atoms with Crippen molar-refractivity contribution in [2.24, 2.45) is 0 Å². The normalized spacial score (nSPS) is 16.0. The number of likely N-dealkylation sites (N-methyl/N-ethyl adjacent to an activating group) is 1. The maximum absolute atomic E-state index is 12.8. The second-order valence-electron chi connectivity index (χ2n) is 5.52. The van der Waals surface area contributed by atoms with Gasteiger partial charge in [0.05, 0.1) is 10.7 Å². The minimum atomic E-state index is 0.0775. The summed E-state index contributed by atoms with van der Waals surface area (Å²) in [5.74, 6) is 0.0775. The Morgan fingerprint density at radius 2 is 2.00 bits per heavy atom. The molecular formula is C16H18ClN3OS. The summed E-state index contributed by atoms with van der Waals surface area (Å²) in [6.45, 7) is 5.29. The molecule has 1 aromatic carbocycles. The van der Waals surface area contributed by atoms with Crippen LogP contribution in [0.5, 0.6) is 0 Å². The molecular weight excluding hydrogens is 318 g/mol. The Labute approximate surface area is 139 Å². The molecule has 0 saturated carbocycles. The van der Waals surface area contributed by atoms with Crippen LogP contribution in [-0.2, 0) is 0 Å². The number of hydrogen-bond acceptors (Lipinski definition) is 4. The first-order valence-electron chi connectivity index (χ1n) is 7.26. The lowest BCUT2D eigenvalue weighted by Gasteiger charge is -2.32. The lowest BCUT2D eigenvalue weighted by atomic mass is 10.1. The van der Waals surface area contributed by atoms with Crippen molar-refractivity contribution in [2.75, 3.05) is 33.2 Å². The summed E-state index contributed by atoms with van der Waals surface area (Å²) in [5, 5.41) is 1.55. The van der Waals surface area contributed by atoms with Crippen LogP contribution in [0, 0.1) is 6.92 Å². The lowest BCUT2D eigenvalue weighted by molar-refractivity contribution is 0.0669. The molecule has 0 radical (unpaired) electrons. The first kappa shape index (κ1) is 15.5. The van der Waals surface area contributed by atoms with Crippen LogP contribution in [0.4, 0.5) is 0 Å². The van der Waals surface area contributed by atoms with Gasteiger partial charge in [-0.05, 0) is 26.1 Å². The van der Waals surface area contributed by atoms with Crippen LogP contribution < -0.4 is 0 Å². The van der Waals surface area contributed by atoms with E-state index in [9.17, 15) is 4.79 Å². The van der Waals surface area contributed by atoms with E-state index in [1.165, 1.54) is 11.3 Å². The van der Waals surface area contributed by atoms with E-state index in [-0.39, 0.29) is 5.91 Å². The molecule has 1 saturated heterocycles. The van der Waals surface area contributed by atoms with Crippen LogP contribution in [0.1, 0.15) is 14.7 Å². The summed E-state index contributed by atoms with van der Waals surface area (Å²) in [6.07, 6.45) is 0. The molecule has 4 nitrogen and oxygen atoms in total. The van der Waals surface area contributed by atoms with Gasteiger partial charge >= 0.3 is 0 Å². The molecule has 2 heterocycles. The minimum Gasteiger partial charge on any atom is -0.335 e. The van der Waals surface area contributed by atoms with Gasteiger partial charge in [0.15, 0.2) is 0 Å². The van der Waals surface area contributed by atoms with Gasteiger partial charge in [-0.3, -0.25) is 4.79 Å². The average molecular weight is 336 g/mol. The van der Waals surface area contributed by atoms with Crippen molar-refractivity contribution >= 4 is 28.8 Å². The topological polar surface area (TPSA) is 36.4 Å². The Kier molecular flexibility index (Phi) is 4.47. The quantitative estimate of drug-likeness (QED) is 0.846. The van der Waals surface area contributed by atoms with Crippen molar-refractivity contribution in [3.63, 3.8) is 0 Å². The summed E-state index contributed by atoms with van der Waals surface area (Å²) in [7, 11) is 2.08. The fourth-order valence-electron chi connectivity index (χ4n) is 2.56. The molecule has 1 amide bonds. The van der Waals surface area contributed by atoms with Crippen LogP contribution in [0.25, 0.3) is 11.3 Å². The first-order valence-corrected chi connectivity index (χ1v) is 8.45. The van der Waals surface area contributed by atoms with E-state index in [2.05, 4.69) is 16.9 Å². The number of aromatic nitrogens is 1. The van der Waals surface area contributed by atoms with Crippen LogP contribution >= 0.6 is 22.9 Å². The van der Waals surface area contributed by atoms with Crippen LogP contribution in [0.3, 0.4) is 0 Å². The number of aryl methyl sites for hydroxylation is 1. The fraction of sp³-hybridized carbons (Fsp3) is 0.375. The van der Waals surface area contributed by atoms with E-state index in [4.69, 9.17) is 11.6 Å². The van der Waals surface area contributed by atoms with Crippen molar-refractivity contribution in [1.29, 1.82) is 0 Å². The van der Waals surface area contributed by atoms with Gasteiger partial charge in [-0.25, -0.2) is 4.98 Å². The Bertz CT molecular complexity index is 692. The second-order valence-corrected chi connectivity index (χ2v) is 7.16. The molecule has 0 spiro atoms. The molecule has 0 N–H and O–H groups in total. The molecule has 1 aliphatic heterocycles. The largest absolute Gasteiger partial charge is 0.335 e. The van der Waals surface area contributed by atoms with Crippen molar-refractivity contribution in [3.8, 4) is 11.3 Å². The minimum absolute atomic E-state index is 0.0775. The molecule has 0 atom stereocenters. The van der Waals surface area contributed by atoms with Gasteiger partial charge in [-0.2, -0.15) is 0 Å². The van der Waals surface area contributed by atoms with Gasteiger partial charge in [0.2, 0.25) is 0 Å². The summed E-state index contributed by atoms with van der Waals surface area (Å²) >= 11 is 7.53. The van der Waals surface area contributed by atoms with Gasteiger partial charge in [0, 0.05) is 36.8 Å². The number of hydrogen-bond donors (Lipinski definition) is 0. The Morgan fingerprint density at radius 1 is 1.27 bits per heavy atom. The van der Waals surface area contributed by atoms with Crippen molar-refractivity contribution in [3.05, 3.63) is 39.2 Å². The van der Waals surface area contributed by atoms with E-state index >= 15 is 0 Å². The van der Waals surface area contributed by atoms with Gasteiger partial charge in [-0.15, -0.1) is 11.3 Å². The highest BCUT2D eigenvalue weighted by Crippen LogP contribution is 2.30. The highest BCUT2D eigenvalue weighted by atomic mass is 35.5. The molecule has 0 aliphatic carbocycles. The van der Waals surface area contributed by atoms with E-state index in [1.807, 2.05) is 36.1 Å². The van der Waals surface area contributed by atoms with Crippen molar-refractivity contribution < 1.29 is 4.79 Å². The molecule has 2 aromatic rings. The maximum Gasteiger partial charge on any atom is 0.266 e. The SMILES string of the molecule is Cc1nc(-c2cccc(Cl)c2)c(C(=O)N2CCN(C)CC2)s1. The molecule has 1 fully saturated rings. The standard InChI is InChI=1S/C16H18ClN3OS/c1-11-18-14(12-4-3-5-13(17)10-12)15(22-11)16(21)20-8-6-19(2)7-9-20/h3-5,10H,6-9H2,1-2H3. The van der Waals surface area contributed by atoms with E-state index in [0.29, 0.717) is 9.90 Å². The van der Waals surface area contributed by atoms with Crippen molar-refractivity contribution in [1.82, 2.24) is 14.8 Å². The number of carbonyl (C=O) groups is 1. The Hall–Kier alpha value is -1.43. The molecule has 6 heteroatoms. The lowest BCUT2D eigenvalue weighted by Crippen LogP contribution is -2.47. The highest BCUT2D eigenvalue weighted by Gasteiger charge is 2.25. The van der Waals surface area contributed by atoms with Crippen LogP contribution in [0.2, 0.25) is 5.02 Å². The monoisotopic (exact) mass is 335 g/mol. The van der Waals surface area contributed by atoms with E-state index in [1.54, 1.807) is 0 Å². The van der Waals surface area contributed by atoms with Gasteiger partial charge in [-0.1, -0.05) is 23.7 Å². The summed E-state index contributed by atoms with van der Waals surface area (Å²) in [6, 6.07) is 7.51. The number of thiazole rings is 1. The third-order valence-corrected chi connectivity index (χ3v) is 5.01. The number of benzene rings is 1. The summed E-state index contributed by atoms with van der Waals surface area (Å²) in [5.41, 5.74) is 1.64. The number of halogens is 1. The molecule has 3 rings (SSSR count). The summed E-state index contributed by atoms with van der Waals surface area (Å²) < 4.78 is 0. The van der Waals surface area contributed by atoms with Crippen LogP contribution in [0.15, 0.2) is 24.3 Å². The van der Waals surface area contributed by atoms with Crippen molar-refractivity contribution in [2.45, 2.75) is 6.92 Å². The molecule has 0 unspecified atom stereocenters.